The third-order valence-electron chi connectivity index (χ3n) is 3.49. The van der Waals surface area contributed by atoms with E-state index >= 15 is 0 Å². The summed E-state index contributed by atoms with van der Waals surface area (Å²) in [4.78, 5) is 16.6. The van der Waals surface area contributed by atoms with Gasteiger partial charge in [-0.2, -0.15) is 0 Å². The van der Waals surface area contributed by atoms with Gasteiger partial charge in [0.15, 0.2) is 0 Å². The van der Waals surface area contributed by atoms with Crippen LogP contribution in [0.15, 0.2) is 18.3 Å². The molecular weight excluding hydrogens is 271 g/mol. The van der Waals surface area contributed by atoms with Crippen molar-refractivity contribution in [2.45, 2.75) is 45.8 Å². The highest BCUT2D eigenvalue weighted by Gasteiger charge is 2.28. The SMILES string of the molecule is CC(C)(C)OC(=O)c1cc2c(F)ccnc2n1CC1CC1. The molecule has 1 saturated carbocycles. The van der Waals surface area contributed by atoms with Gasteiger partial charge in [-0.3, -0.25) is 0 Å². The zero-order valence-corrected chi connectivity index (χ0v) is 12.5. The summed E-state index contributed by atoms with van der Waals surface area (Å²) in [6, 6.07) is 2.86. The van der Waals surface area contributed by atoms with Crippen LogP contribution in [-0.4, -0.2) is 21.1 Å². The maximum absolute atomic E-state index is 13.9. The van der Waals surface area contributed by atoms with Gasteiger partial charge in [0, 0.05) is 12.7 Å². The molecule has 3 rings (SSSR count). The topological polar surface area (TPSA) is 44.1 Å². The summed E-state index contributed by atoms with van der Waals surface area (Å²) in [6.45, 7) is 6.14. The van der Waals surface area contributed by atoms with Gasteiger partial charge in [-0.25, -0.2) is 14.2 Å². The number of ether oxygens (including phenoxy) is 1. The molecule has 5 heteroatoms. The van der Waals surface area contributed by atoms with Gasteiger partial charge in [-0.1, -0.05) is 0 Å². The Morgan fingerprint density at radius 2 is 2.19 bits per heavy atom. The lowest BCUT2D eigenvalue weighted by atomic mass is 10.2. The smallest absolute Gasteiger partial charge is 0.355 e. The molecule has 1 aliphatic rings. The van der Waals surface area contributed by atoms with Crippen molar-refractivity contribution in [1.29, 1.82) is 0 Å². The van der Waals surface area contributed by atoms with Crippen LogP contribution in [0.5, 0.6) is 0 Å². The maximum Gasteiger partial charge on any atom is 0.355 e. The lowest BCUT2D eigenvalue weighted by Gasteiger charge is -2.20. The van der Waals surface area contributed by atoms with Crippen LogP contribution >= 0.6 is 0 Å². The van der Waals surface area contributed by atoms with E-state index in [0.717, 1.165) is 12.8 Å². The number of pyridine rings is 1. The van der Waals surface area contributed by atoms with Crippen LogP contribution in [0.4, 0.5) is 4.39 Å². The normalized spacial score (nSPS) is 15.4. The van der Waals surface area contributed by atoms with Crippen LogP contribution in [0.1, 0.15) is 44.1 Å². The monoisotopic (exact) mass is 290 g/mol. The molecule has 0 radical (unpaired) electrons. The van der Waals surface area contributed by atoms with E-state index in [4.69, 9.17) is 4.74 Å². The molecule has 4 nitrogen and oxygen atoms in total. The standard InChI is InChI=1S/C16H19FN2O2/c1-16(2,3)21-15(20)13-8-11-12(17)6-7-18-14(11)19(13)9-10-4-5-10/h6-8,10H,4-5,9H2,1-3H3. The van der Waals surface area contributed by atoms with Crippen molar-refractivity contribution < 1.29 is 13.9 Å². The summed E-state index contributed by atoms with van der Waals surface area (Å²) in [5.74, 6) is -0.244. The van der Waals surface area contributed by atoms with Crippen molar-refractivity contribution in [3.8, 4) is 0 Å². The first-order valence-corrected chi connectivity index (χ1v) is 7.22. The minimum Gasteiger partial charge on any atom is -0.455 e. The van der Waals surface area contributed by atoms with Gasteiger partial charge >= 0.3 is 5.97 Å². The van der Waals surface area contributed by atoms with Crippen molar-refractivity contribution in [3.05, 3.63) is 29.8 Å². The van der Waals surface area contributed by atoms with Gasteiger partial charge in [0.2, 0.25) is 0 Å². The predicted octanol–water partition coefficient (Wildman–Crippen LogP) is 3.54. The lowest BCUT2D eigenvalue weighted by Crippen LogP contribution is -2.25. The quantitative estimate of drug-likeness (QED) is 0.812. The van der Waals surface area contributed by atoms with Crippen molar-refractivity contribution in [1.82, 2.24) is 9.55 Å². The Balaban J connectivity index is 2.07. The fourth-order valence-electron chi connectivity index (χ4n) is 2.36. The highest BCUT2D eigenvalue weighted by molar-refractivity contribution is 5.94. The first kappa shape index (κ1) is 14.0. The largest absolute Gasteiger partial charge is 0.455 e. The third kappa shape index (κ3) is 2.91. The Hall–Kier alpha value is -1.91. The van der Waals surface area contributed by atoms with E-state index in [-0.39, 0.29) is 5.82 Å². The summed E-state index contributed by atoms with van der Waals surface area (Å²) in [5, 5.41) is 0.374. The zero-order chi connectivity index (χ0) is 15.2. The number of carbonyl (C=O) groups is 1. The van der Waals surface area contributed by atoms with Crippen molar-refractivity contribution in [2.75, 3.05) is 0 Å². The Labute approximate surface area is 122 Å². The average Bonchev–Trinajstić information content (AvgIpc) is 3.09. The predicted molar refractivity (Wildman–Crippen MR) is 77.6 cm³/mol. The molecule has 0 N–H and O–H groups in total. The summed E-state index contributed by atoms with van der Waals surface area (Å²) < 4.78 is 21.2. The van der Waals surface area contributed by atoms with E-state index in [2.05, 4.69) is 4.98 Å². The molecule has 0 unspecified atom stereocenters. The molecule has 0 saturated heterocycles. The van der Waals surface area contributed by atoms with Crippen LogP contribution < -0.4 is 0 Å². The second-order valence-electron chi connectivity index (χ2n) is 6.62. The van der Waals surface area contributed by atoms with Gasteiger partial charge in [-0.05, 0) is 51.7 Å². The molecule has 2 aromatic heterocycles. The van der Waals surface area contributed by atoms with Gasteiger partial charge in [0.05, 0.1) is 5.39 Å². The Kier molecular flexibility index (Phi) is 3.23. The van der Waals surface area contributed by atoms with E-state index in [1.54, 1.807) is 10.6 Å². The van der Waals surface area contributed by atoms with Crippen LogP contribution in [0.3, 0.4) is 0 Å². The van der Waals surface area contributed by atoms with Crippen molar-refractivity contribution in [3.63, 3.8) is 0 Å². The molecule has 21 heavy (non-hydrogen) atoms. The molecular formula is C16H19FN2O2. The minimum atomic E-state index is -0.579. The third-order valence-corrected chi connectivity index (χ3v) is 3.49. The highest BCUT2D eigenvalue weighted by Crippen LogP contribution is 2.33. The average molecular weight is 290 g/mol. The van der Waals surface area contributed by atoms with Gasteiger partial charge in [0.1, 0.15) is 22.8 Å². The van der Waals surface area contributed by atoms with Gasteiger partial charge in [-0.15, -0.1) is 0 Å². The number of halogens is 1. The number of hydrogen-bond donors (Lipinski definition) is 0. The first-order valence-electron chi connectivity index (χ1n) is 7.22. The number of nitrogens with zero attached hydrogens (tertiary/aromatic N) is 2. The lowest BCUT2D eigenvalue weighted by molar-refractivity contribution is 0.00578. The van der Waals surface area contributed by atoms with Crippen LogP contribution in [-0.2, 0) is 11.3 Å². The van der Waals surface area contributed by atoms with Crippen LogP contribution in [0.25, 0.3) is 11.0 Å². The fraction of sp³-hybridized carbons (Fsp3) is 0.500. The maximum atomic E-state index is 13.9. The summed E-state index contributed by atoms with van der Waals surface area (Å²) in [6.07, 6.45) is 3.71. The molecule has 2 aromatic rings. The number of carbonyl (C=O) groups excluding carboxylic acids is 1. The minimum absolute atomic E-state index is 0.362. The van der Waals surface area contributed by atoms with Gasteiger partial charge < -0.3 is 9.30 Å². The number of hydrogen-bond acceptors (Lipinski definition) is 3. The van der Waals surface area contributed by atoms with E-state index in [9.17, 15) is 9.18 Å². The molecule has 112 valence electrons. The second kappa shape index (κ2) is 4.83. The highest BCUT2D eigenvalue weighted by atomic mass is 19.1. The summed E-state index contributed by atoms with van der Waals surface area (Å²) in [5.41, 5.74) is 0.316. The zero-order valence-electron chi connectivity index (χ0n) is 12.5. The fourth-order valence-corrected chi connectivity index (χ4v) is 2.36. The van der Waals surface area contributed by atoms with Gasteiger partial charge in [0.25, 0.3) is 0 Å². The van der Waals surface area contributed by atoms with Crippen molar-refractivity contribution >= 4 is 17.0 Å². The van der Waals surface area contributed by atoms with E-state index in [1.165, 1.54) is 12.3 Å². The molecule has 0 spiro atoms. The van der Waals surface area contributed by atoms with Crippen LogP contribution in [0.2, 0.25) is 0 Å². The molecule has 0 atom stereocenters. The number of rotatable bonds is 3. The molecule has 0 amide bonds. The van der Waals surface area contributed by atoms with E-state index < -0.39 is 11.6 Å². The molecule has 1 fully saturated rings. The number of fused-ring (bicyclic) bond motifs is 1. The Morgan fingerprint density at radius 1 is 1.48 bits per heavy atom. The molecule has 0 aliphatic heterocycles. The molecule has 1 aliphatic carbocycles. The second-order valence-corrected chi connectivity index (χ2v) is 6.62. The molecule has 0 aromatic carbocycles. The van der Waals surface area contributed by atoms with Crippen molar-refractivity contribution in [2.24, 2.45) is 5.92 Å². The summed E-state index contributed by atoms with van der Waals surface area (Å²) >= 11 is 0. The van der Waals surface area contributed by atoms with E-state index in [0.29, 0.717) is 29.2 Å². The van der Waals surface area contributed by atoms with Crippen LogP contribution in [0, 0.1) is 11.7 Å². The Bertz CT molecular complexity index is 696. The molecule has 0 bridgehead atoms. The number of esters is 1. The molecule has 2 heterocycles. The van der Waals surface area contributed by atoms with E-state index in [1.807, 2.05) is 20.8 Å². The summed E-state index contributed by atoms with van der Waals surface area (Å²) in [7, 11) is 0. The first-order chi connectivity index (χ1) is 9.85. The number of aromatic nitrogens is 2. The Morgan fingerprint density at radius 3 is 2.81 bits per heavy atom.